The molecule has 0 atom stereocenters. The molecule has 1 heteroatoms. The fraction of sp³-hybridized carbons (Fsp3) is 0.200. The van der Waals surface area contributed by atoms with Crippen LogP contribution in [0.4, 0.5) is 0 Å². The van der Waals surface area contributed by atoms with E-state index >= 15 is 0 Å². The van der Waals surface area contributed by atoms with Crippen LogP contribution in [0.25, 0.3) is 0 Å². The van der Waals surface area contributed by atoms with Crippen molar-refractivity contribution in [2.75, 3.05) is 0 Å². The van der Waals surface area contributed by atoms with Crippen LogP contribution in [0.5, 0.6) is 0 Å². The fourth-order valence-electron chi connectivity index (χ4n) is 1.38. The zero-order valence-corrected chi connectivity index (χ0v) is 11.2. The first-order chi connectivity index (χ1) is 7.85. The van der Waals surface area contributed by atoms with Crippen LogP contribution in [0, 0.1) is 0 Å². The number of allylic oxidation sites excluding steroid dienone is 3. The number of rotatable bonds is 6. The highest BCUT2D eigenvalue weighted by Gasteiger charge is 2.02. The van der Waals surface area contributed by atoms with E-state index in [9.17, 15) is 0 Å². The molecule has 0 aliphatic rings. The van der Waals surface area contributed by atoms with E-state index in [-0.39, 0.29) is 0 Å². The average Bonchev–Trinajstić information content (AvgIpc) is 2.33. The molecule has 0 radical (unpaired) electrons. The Hall–Kier alpha value is -1.34. The molecule has 0 bridgehead atoms. The minimum absolute atomic E-state index is 0.588. The third-order valence-electron chi connectivity index (χ3n) is 2.17. The van der Waals surface area contributed by atoms with Gasteiger partial charge in [0, 0.05) is 8.80 Å². The summed E-state index contributed by atoms with van der Waals surface area (Å²) < 4.78 is 0. The van der Waals surface area contributed by atoms with Gasteiger partial charge in [-0.2, -0.15) is 0 Å². The summed E-state index contributed by atoms with van der Waals surface area (Å²) in [5.41, 5.74) is 0. The fourth-order valence-corrected chi connectivity index (χ4v) is 3.37. The zero-order chi connectivity index (χ0) is 12.1. The smallest absolute Gasteiger partial charge is 0.0480 e. The normalized spacial score (nSPS) is 8.81. The van der Waals surface area contributed by atoms with Gasteiger partial charge in [-0.25, -0.2) is 0 Å². The SMILES string of the molecule is C=CC[SiH](CC=C)CC=C.c1ccccc1. The molecular weight excluding hydrogens is 208 g/mol. The maximum Gasteiger partial charge on any atom is 0.0480 e. The lowest BCUT2D eigenvalue weighted by molar-refractivity contribution is 1.45. The summed E-state index contributed by atoms with van der Waals surface area (Å²) in [5.74, 6) is 0. The Balaban J connectivity index is 0.000000315. The molecule has 0 nitrogen and oxygen atoms in total. The Morgan fingerprint density at radius 2 is 0.875 bits per heavy atom. The molecule has 0 amide bonds. The van der Waals surface area contributed by atoms with Gasteiger partial charge in [0.1, 0.15) is 0 Å². The van der Waals surface area contributed by atoms with Gasteiger partial charge in [0.05, 0.1) is 0 Å². The lowest BCUT2D eigenvalue weighted by Gasteiger charge is -2.05. The van der Waals surface area contributed by atoms with Crippen LogP contribution in [-0.2, 0) is 0 Å². The van der Waals surface area contributed by atoms with Gasteiger partial charge in [0.25, 0.3) is 0 Å². The maximum atomic E-state index is 3.73. The first-order valence-corrected chi connectivity index (χ1v) is 8.12. The topological polar surface area (TPSA) is 0 Å². The molecule has 86 valence electrons. The van der Waals surface area contributed by atoms with E-state index in [0.29, 0.717) is 0 Å². The molecule has 0 saturated carbocycles. The monoisotopic (exact) mass is 230 g/mol. The largest absolute Gasteiger partial charge is 0.103 e. The molecule has 0 spiro atoms. The molecule has 0 aliphatic heterocycles. The lowest BCUT2D eigenvalue weighted by atomic mass is 10.4. The molecule has 0 unspecified atom stereocenters. The highest BCUT2D eigenvalue weighted by atomic mass is 28.3. The average molecular weight is 230 g/mol. The van der Waals surface area contributed by atoms with E-state index in [0.717, 1.165) is 0 Å². The Bertz CT molecular complexity index is 226. The van der Waals surface area contributed by atoms with Gasteiger partial charge >= 0.3 is 0 Å². The first-order valence-electron chi connectivity index (χ1n) is 5.67. The summed E-state index contributed by atoms with van der Waals surface area (Å²) in [6.45, 7) is 11.2. The van der Waals surface area contributed by atoms with Crippen molar-refractivity contribution in [1.29, 1.82) is 0 Å². The molecule has 1 rings (SSSR count). The number of hydrogen-bond donors (Lipinski definition) is 0. The van der Waals surface area contributed by atoms with Gasteiger partial charge in [0.15, 0.2) is 0 Å². The molecular formula is C15H22Si. The van der Waals surface area contributed by atoms with Gasteiger partial charge < -0.3 is 0 Å². The Labute approximate surface area is 102 Å². The molecule has 0 aromatic heterocycles. The minimum Gasteiger partial charge on any atom is -0.103 e. The van der Waals surface area contributed by atoms with Gasteiger partial charge in [-0.15, -0.1) is 19.7 Å². The number of hydrogen-bond acceptors (Lipinski definition) is 0. The van der Waals surface area contributed by atoms with Crippen molar-refractivity contribution in [1.82, 2.24) is 0 Å². The van der Waals surface area contributed by atoms with Crippen molar-refractivity contribution in [2.24, 2.45) is 0 Å². The Morgan fingerprint density at radius 1 is 0.625 bits per heavy atom. The summed E-state index contributed by atoms with van der Waals surface area (Å²) in [4.78, 5) is 0. The highest BCUT2D eigenvalue weighted by molar-refractivity contribution is 6.60. The maximum absolute atomic E-state index is 3.73. The third-order valence-corrected chi connectivity index (χ3v) is 5.17. The summed E-state index contributed by atoms with van der Waals surface area (Å²) >= 11 is 0. The van der Waals surface area contributed by atoms with Crippen LogP contribution in [0.1, 0.15) is 0 Å². The summed E-state index contributed by atoms with van der Waals surface area (Å²) in [5, 5.41) is 0. The standard InChI is InChI=1S/C9H16Si.C6H6/c1-4-7-10(8-5-2)9-6-3;1-2-4-6-5-3-1/h4-6,10H,1-3,7-9H2;1-6H. The van der Waals surface area contributed by atoms with Crippen LogP contribution in [0.2, 0.25) is 18.1 Å². The van der Waals surface area contributed by atoms with Crippen LogP contribution >= 0.6 is 0 Å². The van der Waals surface area contributed by atoms with E-state index in [1.165, 1.54) is 18.1 Å². The molecule has 0 heterocycles. The summed E-state index contributed by atoms with van der Waals surface area (Å²) in [7, 11) is -0.588. The Morgan fingerprint density at radius 3 is 1.06 bits per heavy atom. The molecule has 1 aromatic carbocycles. The van der Waals surface area contributed by atoms with Crippen molar-refractivity contribution in [3.05, 3.63) is 74.4 Å². The zero-order valence-electron chi connectivity index (χ0n) is 10.0. The van der Waals surface area contributed by atoms with E-state index < -0.39 is 8.80 Å². The molecule has 0 fully saturated rings. The Kier molecular flexibility index (Phi) is 10.7. The van der Waals surface area contributed by atoms with Crippen LogP contribution in [-0.4, -0.2) is 8.80 Å². The van der Waals surface area contributed by atoms with Crippen molar-refractivity contribution >= 4 is 8.80 Å². The number of benzene rings is 1. The van der Waals surface area contributed by atoms with Crippen molar-refractivity contribution in [2.45, 2.75) is 18.1 Å². The van der Waals surface area contributed by atoms with E-state index in [4.69, 9.17) is 0 Å². The molecule has 0 aliphatic carbocycles. The quantitative estimate of drug-likeness (QED) is 0.500. The van der Waals surface area contributed by atoms with Crippen LogP contribution < -0.4 is 0 Å². The lowest BCUT2D eigenvalue weighted by Crippen LogP contribution is -2.07. The predicted molar refractivity (Wildman–Crippen MR) is 78.6 cm³/mol. The highest BCUT2D eigenvalue weighted by Crippen LogP contribution is 2.06. The summed E-state index contributed by atoms with van der Waals surface area (Å²) in [6, 6.07) is 15.6. The van der Waals surface area contributed by atoms with Crippen molar-refractivity contribution in [3.8, 4) is 0 Å². The van der Waals surface area contributed by atoms with Crippen molar-refractivity contribution in [3.63, 3.8) is 0 Å². The van der Waals surface area contributed by atoms with Gasteiger partial charge in [0.2, 0.25) is 0 Å². The van der Waals surface area contributed by atoms with Gasteiger partial charge in [-0.05, 0) is 18.1 Å². The van der Waals surface area contributed by atoms with E-state index in [2.05, 4.69) is 19.7 Å². The van der Waals surface area contributed by atoms with Crippen molar-refractivity contribution < 1.29 is 0 Å². The van der Waals surface area contributed by atoms with E-state index in [1.807, 2.05) is 54.6 Å². The molecule has 0 N–H and O–H groups in total. The molecule has 0 saturated heterocycles. The van der Waals surface area contributed by atoms with Gasteiger partial charge in [-0.3, -0.25) is 0 Å². The van der Waals surface area contributed by atoms with Crippen LogP contribution in [0.15, 0.2) is 74.4 Å². The van der Waals surface area contributed by atoms with E-state index in [1.54, 1.807) is 0 Å². The second-order valence-corrected chi connectivity index (χ2v) is 6.74. The molecule has 16 heavy (non-hydrogen) atoms. The second kappa shape index (κ2) is 11.7. The van der Waals surface area contributed by atoms with Crippen LogP contribution in [0.3, 0.4) is 0 Å². The minimum atomic E-state index is -0.588. The first kappa shape index (κ1) is 14.7. The van der Waals surface area contributed by atoms with Gasteiger partial charge in [-0.1, -0.05) is 54.6 Å². The third kappa shape index (κ3) is 9.22. The summed E-state index contributed by atoms with van der Waals surface area (Å²) in [6.07, 6.45) is 6.05. The molecule has 1 aromatic rings. The second-order valence-electron chi connectivity index (χ2n) is 3.59. The predicted octanol–water partition coefficient (Wildman–Crippen LogP) is 4.46.